The maximum absolute atomic E-state index is 3.94. The summed E-state index contributed by atoms with van der Waals surface area (Å²) < 4.78 is 1.41. The third-order valence-electron chi connectivity index (χ3n) is 5.08. The van der Waals surface area contributed by atoms with Crippen LogP contribution in [0.2, 0.25) is 0 Å². The van der Waals surface area contributed by atoms with E-state index in [0.717, 1.165) is 6.54 Å². The van der Waals surface area contributed by atoms with Gasteiger partial charge in [0.1, 0.15) is 0 Å². The van der Waals surface area contributed by atoms with Gasteiger partial charge in [-0.2, -0.15) is 0 Å². The van der Waals surface area contributed by atoms with Gasteiger partial charge in [-0.25, -0.2) is 0 Å². The van der Waals surface area contributed by atoms with Crippen molar-refractivity contribution in [1.29, 1.82) is 0 Å². The fourth-order valence-electron chi connectivity index (χ4n) is 3.75. The van der Waals surface area contributed by atoms with Crippen LogP contribution in [-0.2, 0) is 12.1 Å². The predicted octanol–water partition coefficient (Wildman–Crippen LogP) is 5.85. The van der Waals surface area contributed by atoms with Gasteiger partial charge in [0, 0.05) is 16.1 Å². The van der Waals surface area contributed by atoms with E-state index in [2.05, 4.69) is 66.0 Å². The molecule has 1 fully saturated rings. The maximum atomic E-state index is 3.94. The van der Waals surface area contributed by atoms with E-state index in [-0.39, 0.29) is 5.54 Å². The normalized spacial score (nSPS) is 17.4. The first-order valence-corrected chi connectivity index (χ1v) is 9.45. The maximum Gasteiger partial charge on any atom is 0.0531 e. The highest BCUT2D eigenvalue weighted by Crippen LogP contribution is 2.42. The molecule has 1 aliphatic rings. The first kappa shape index (κ1) is 14.9. The lowest BCUT2D eigenvalue weighted by Gasteiger charge is -2.38. The number of hydrogen-bond donors (Lipinski definition) is 1. The molecule has 1 N–H and O–H groups in total. The van der Waals surface area contributed by atoms with Gasteiger partial charge in [-0.05, 0) is 35.9 Å². The molecule has 1 heterocycles. The molecule has 0 amide bonds. The molecule has 0 unspecified atom stereocenters. The summed E-state index contributed by atoms with van der Waals surface area (Å²) in [5.74, 6) is 0. The average Bonchev–Trinajstić information content (AvgIpc) is 3.07. The summed E-state index contributed by atoms with van der Waals surface area (Å²) in [6.07, 6.45) is 6.55. The van der Waals surface area contributed by atoms with Gasteiger partial charge in [0.2, 0.25) is 0 Å². The van der Waals surface area contributed by atoms with Gasteiger partial charge in [-0.15, -0.1) is 11.3 Å². The second-order valence-corrected chi connectivity index (χ2v) is 7.71. The molecule has 1 aromatic heterocycles. The van der Waals surface area contributed by atoms with Gasteiger partial charge < -0.3 is 5.32 Å². The molecule has 1 nitrogen and oxygen atoms in total. The van der Waals surface area contributed by atoms with E-state index in [9.17, 15) is 0 Å². The minimum absolute atomic E-state index is 0.164. The Labute approximate surface area is 142 Å². The number of hydrogen-bond acceptors (Lipinski definition) is 2. The molecule has 1 saturated carbocycles. The summed E-state index contributed by atoms with van der Waals surface area (Å²) in [6, 6.07) is 22.0. The van der Waals surface area contributed by atoms with Crippen LogP contribution in [0.15, 0.2) is 60.7 Å². The zero-order chi connectivity index (χ0) is 15.5. The van der Waals surface area contributed by atoms with E-state index in [4.69, 9.17) is 0 Å². The molecule has 118 valence electrons. The third-order valence-corrected chi connectivity index (χ3v) is 6.40. The number of nitrogens with one attached hydrogen (secondary N) is 1. The number of benzene rings is 2. The zero-order valence-electron chi connectivity index (χ0n) is 13.4. The summed E-state index contributed by atoms with van der Waals surface area (Å²) >= 11 is 1.98. The molecule has 0 atom stereocenters. The Morgan fingerprint density at radius 1 is 0.870 bits per heavy atom. The Kier molecular flexibility index (Phi) is 4.19. The Morgan fingerprint density at radius 3 is 2.39 bits per heavy atom. The van der Waals surface area contributed by atoms with Gasteiger partial charge in [0.25, 0.3) is 0 Å². The fraction of sp³-hybridized carbons (Fsp3) is 0.333. The topological polar surface area (TPSA) is 12.0 Å². The molecule has 0 radical (unpaired) electrons. The van der Waals surface area contributed by atoms with E-state index in [0.29, 0.717) is 0 Å². The molecular weight excluding hydrogens is 298 g/mol. The van der Waals surface area contributed by atoms with Crippen LogP contribution in [0.3, 0.4) is 0 Å². The second-order valence-electron chi connectivity index (χ2n) is 6.63. The van der Waals surface area contributed by atoms with Gasteiger partial charge in [0.05, 0.1) is 5.54 Å². The fourth-order valence-corrected chi connectivity index (χ4v) is 5.04. The lowest BCUT2D eigenvalue weighted by Crippen LogP contribution is -2.42. The number of fused-ring (bicyclic) bond motifs is 1. The molecule has 0 bridgehead atoms. The van der Waals surface area contributed by atoms with Gasteiger partial charge in [0.15, 0.2) is 0 Å². The summed E-state index contributed by atoms with van der Waals surface area (Å²) in [4.78, 5) is 1.52. The van der Waals surface area contributed by atoms with Crippen molar-refractivity contribution in [2.45, 2.75) is 44.2 Å². The quantitative estimate of drug-likeness (QED) is 0.635. The highest BCUT2D eigenvalue weighted by molar-refractivity contribution is 7.19. The van der Waals surface area contributed by atoms with E-state index < -0.39 is 0 Å². The molecule has 3 aromatic rings. The lowest BCUT2D eigenvalue weighted by molar-refractivity contribution is 0.236. The van der Waals surface area contributed by atoms with Crippen LogP contribution < -0.4 is 5.32 Å². The van der Waals surface area contributed by atoms with E-state index >= 15 is 0 Å². The molecule has 2 heteroatoms. The van der Waals surface area contributed by atoms with E-state index in [1.807, 2.05) is 11.3 Å². The van der Waals surface area contributed by atoms with Crippen LogP contribution in [0.5, 0.6) is 0 Å². The molecule has 0 aliphatic heterocycles. The van der Waals surface area contributed by atoms with Crippen molar-refractivity contribution >= 4 is 21.4 Å². The van der Waals surface area contributed by atoms with Crippen LogP contribution >= 0.6 is 11.3 Å². The van der Waals surface area contributed by atoms with Crippen molar-refractivity contribution in [3.05, 3.63) is 71.1 Å². The first-order valence-electron chi connectivity index (χ1n) is 8.64. The second kappa shape index (κ2) is 6.46. The highest BCUT2D eigenvalue weighted by Gasteiger charge is 2.34. The zero-order valence-corrected chi connectivity index (χ0v) is 14.2. The summed E-state index contributed by atoms with van der Waals surface area (Å²) in [6.45, 7) is 0.953. The molecule has 23 heavy (non-hydrogen) atoms. The van der Waals surface area contributed by atoms with Crippen LogP contribution in [0.4, 0.5) is 0 Å². The summed E-state index contributed by atoms with van der Waals surface area (Å²) in [5.41, 5.74) is 1.54. The van der Waals surface area contributed by atoms with Crippen molar-refractivity contribution in [2.75, 3.05) is 0 Å². The summed E-state index contributed by atoms with van der Waals surface area (Å²) in [7, 11) is 0. The van der Waals surface area contributed by atoms with Crippen LogP contribution in [-0.4, -0.2) is 0 Å². The lowest BCUT2D eigenvalue weighted by atomic mass is 9.80. The van der Waals surface area contributed by atoms with Crippen molar-refractivity contribution in [1.82, 2.24) is 5.32 Å². The Morgan fingerprint density at radius 2 is 1.61 bits per heavy atom. The molecular formula is C21H23NS. The molecule has 1 aliphatic carbocycles. The SMILES string of the molecule is c1ccc(CNC2(c3cc4ccccc4s3)CCCCC2)cc1. The van der Waals surface area contributed by atoms with Crippen LogP contribution in [0.25, 0.3) is 10.1 Å². The molecule has 0 spiro atoms. The van der Waals surface area contributed by atoms with Crippen molar-refractivity contribution in [3.63, 3.8) is 0 Å². The predicted molar refractivity (Wildman–Crippen MR) is 99.9 cm³/mol. The van der Waals surface area contributed by atoms with Crippen molar-refractivity contribution < 1.29 is 0 Å². The Balaban J connectivity index is 1.65. The number of rotatable bonds is 4. The molecule has 2 aromatic carbocycles. The third kappa shape index (κ3) is 3.06. The van der Waals surface area contributed by atoms with Gasteiger partial charge >= 0.3 is 0 Å². The van der Waals surface area contributed by atoms with Crippen LogP contribution in [0.1, 0.15) is 42.5 Å². The summed E-state index contributed by atoms with van der Waals surface area (Å²) in [5, 5.41) is 5.33. The standard InChI is InChI=1S/C21H23NS/c1-3-9-17(10-4-1)16-22-21(13-7-2-8-14-21)20-15-18-11-5-6-12-19(18)23-20/h1,3-6,9-12,15,22H,2,7-8,13-14,16H2. The Bertz CT molecular complexity index is 736. The van der Waals surface area contributed by atoms with E-state index in [1.165, 1.54) is 52.6 Å². The van der Waals surface area contributed by atoms with Crippen molar-refractivity contribution in [3.8, 4) is 0 Å². The Hall–Kier alpha value is -1.64. The van der Waals surface area contributed by atoms with Crippen molar-refractivity contribution in [2.24, 2.45) is 0 Å². The minimum Gasteiger partial charge on any atom is -0.303 e. The molecule has 4 rings (SSSR count). The minimum atomic E-state index is 0.164. The first-order chi connectivity index (χ1) is 11.4. The smallest absolute Gasteiger partial charge is 0.0531 e. The highest BCUT2D eigenvalue weighted by atomic mass is 32.1. The monoisotopic (exact) mass is 321 g/mol. The number of thiophene rings is 1. The van der Waals surface area contributed by atoms with Crippen LogP contribution in [0, 0.1) is 0 Å². The van der Waals surface area contributed by atoms with E-state index in [1.54, 1.807) is 0 Å². The molecule has 0 saturated heterocycles. The van der Waals surface area contributed by atoms with Gasteiger partial charge in [-0.3, -0.25) is 0 Å². The largest absolute Gasteiger partial charge is 0.303 e. The average molecular weight is 321 g/mol. The van der Waals surface area contributed by atoms with Gasteiger partial charge in [-0.1, -0.05) is 67.8 Å².